The first-order valence-corrected chi connectivity index (χ1v) is 10.4. The van der Waals surface area contributed by atoms with Crippen LogP contribution in [0.25, 0.3) is 5.76 Å². The van der Waals surface area contributed by atoms with Gasteiger partial charge in [-0.15, -0.1) is 0 Å². The highest BCUT2D eigenvalue weighted by molar-refractivity contribution is 6.51. The summed E-state index contributed by atoms with van der Waals surface area (Å²) in [5, 5.41) is 11.1. The second-order valence-corrected chi connectivity index (χ2v) is 7.91. The van der Waals surface area contributed by atoms with Crippen LogP contribution in [0.5, 0.6) is 5.75 Å². The molecule has 1 aliphatic rings. The summed E-state index contributed by atoms with van der Waals surface area (Å²) in [5.74, 6) is -0.399. The number of rotatable bonds is 5. The van der Waals surface area contributed by atoms with Crippen LogP contribution in [0, 0.1) is 0 Å². The van der Waals surface area contributed by atoms with Crippen LogP contribution in [0.1, 0.15) is 42.5 Å². The molecule has 1 aliphatic heterocycles. The van der Waals surface area contributed by atoms with Gasteiger partial charge in [-0.2, -0.15) is 0 Å². The van der Waals surface area contributed by atoms with E-state index in [1.165, 1.54) is 4.90 Å². The normalized spacial score (nSPS) is 17.8. The number of pyridine rings is 1. The molecule has 1 atom stereocenters. The number of ether oxygens (including phenoxy) is 1. The zero-order valence-corrected chi connectivity index (χ0v) is 18.1. The molecule has 0 saturated carbocycles. The zero-order valence-electron chi connectivity index (χ0n) is 18.1. The van der Waals surface area contributed by atoms with Gasteiger partial charge < -0.3 is 9.84 Å². The van der Waals surface area contributed by atoms with Crippen molar-refractivity contribution in [2.75, 3.05) is 12.0 Å². The number of ketones is 1. The highest BCUT2D eigenvalue weighted by Crippen LogP contribution is 2.41. The van der Waals surface area contributed by atoms with Crippen molar-refractivity contribution < 1.29 is 19.4 Å². The maximum Gasteiger partial charge on any atom is 0.301 e. The summed E-state index contributed by atoms with van der Waals surface area (Å²) in [5.41, 5.74) is 2.31. The molecule has 0 bridgehead atoms. The molecule has 6 nitrogen and oxygen atoms in total. The quantitative estimate of drug-likeness (QED) is 0.357. The van der Waals surface area contributed by atoms with E-state index >= 15 is 0 Å². The first-order chi connectivity index (χ1) is 15.4. The molecular weight excluding hydrogens is 404 g/mol. The second kappa shape index (κ2) is 8.67. The molecule has 1 amide bonds. The van der Waals surface area contributed by atoms with Crippen LogP contribution < -0.4 is 9.64 Å². The molecule has 4 rings (SSSR count). The number of aliphatic hydroxyl groups is 1. The number of carbonyl (C=O) groups excluding carboxylic acids is 2. The van der Waals surface area contributed by atoms with Crippen molar-refractivity contribution in [1.29, 1.82) is 0 Å². The topological polar surface area (TPSA) is 79.7 Å². The van der Waals surface area contributed by atoms with Crippen LogP contribution in [0.2, 0.25) is 0 Å². The Kier molecular flexibility index (Phi) is 5.77. The third-order valence-corrected chi connectivity index (χ3v) is 5.62. The monoisotopic (exact) mass is 428 g/mol. The maximum absolute atomic E-state index is 13.1. The molecule has 1 N–H and O–H groups in total. The lowest BCUT2D eigenvalue weighted by Gasteiger charge is -2.24. The number of amides is 1. The SMILES string of the molecule is COc1ccc(C(O)=C2C(=O)C(=O)N(c3ccccn3)[C@H]2c2ccc(C(C)C)cc2)cc1. The van der Waals surface area contributed by atoms with Crippen LogP contribution >= 0.6 is 0 Å². The molecule has 162 valence electrons. The number of hydrogen-bond acceptors (Lipinski definition) is 5. The van der Waals surface area contributed by atoms with E-state index in [9.17, 15) is 14.7 Å². The standard InChI is InChI=1S/C26H24N2O4/c1-16(2)17-7-9-18(10-8-17)23-22(24(29)19-11-13-20(32-3)14-12-19)25(30)26(31)28(23)21-6-4-5-15-27-21/h4-16,23,29H,1-3H3/t23-/m0/s1. The Bertz CT molecular complexity index is 1170. The van der Waals surface area contributed by atoms with Gasteiger partial charge in [-0.25, -0.2) is 4.98 Å². The summed E-state index contributed by atoms with van der Waals surface area (Å²) in [7, 11) is 1.55. The van der Waals surface area contributed by atoms with E-state index < -0.39 is 17.7 Å². The van der Waals surface area contributed by atoms with Gasteiger partial charge in [-0.3, -0.25) is 14.5 Å². The molecule has 0 radical (unpaired) electrons. The van der Waals surface area contributed by atoms with Gasteiger partial charge in [0.15, 0.2) is 0 Å². The minimum atomic E-state index is -0.798. The number of methoxy groups -OCH3 is 1. The van der Waals surface area contributed by atoms with E-state index in [0.29, 0.717) is 28.6 Å². The van der Waals surface area contributed by atoms with E-state index in [1.54, 1.807) is 55.8 Å². The van der Waals surface area contributed by atoms with Crippen molar-refractivity contribution in [3.8, 4) is 5.75 Å². The molecule has 0 aliphatic carbocycles. The molecule has 2 heterocycles. The van der Waals surface area contributed by atoms with Crippen LogP contribution in [-0.2, 0) is 9.59 Å². The van der Waals surface area contributed by atoms with Gasteiger partial charge >= 0.3 is 5.91 Å². The second-order valence-electron chi connectivity index (χ2n) is 7.91. The highest BCUT2D eigenvalue weighted by atomic mass is 16.5. The molecule has 32 heavy (non-hydrogen) atoms. The number of anilines is 1. The van der Waals surface area contributed by atoms with Crippen LogP contribution in [0.15, 0.2) is 78.5 Å². The average Bonchev–Trinajstić information content (AvgIpc) is 3.09. The molecule has 1 aromatic heterocycles. The predicted molar refractivity (Wildman–Crippen MR) is 123 cm³/mol. The van der Waals surface area contributed by atoms with Gasteiger partial charge in [-0.1, -0.05) is 44.2 Å². The Labute approximate surface area is 186 Å². The van der Waals surface area contributed by atoms with Crippen molar-refractivity contribution in [2.45, 2.75) is 25.8 Å². The van der Waals surface area contributed by atoms with Gasteiger partial charge in [0.2, 0.25) is 0 Å². The van der Waals surface area contributed by atoms with Crippen LogP contribution in [0.3, 0.4) is 0 Å². The summed E-state index contributed by atoms with van der Waals surface area (Å²) in [4.78, 5) is 31.8. The maximum atomic E-state index is 13.1. The lowest BCUT2D eigenvalue weighted by atomic mass is 9.93. The van der Waals surface area contributed by atoms with E-state index in [1.807, 2.05) is 24.3 Å². The minimum Gasteiger partial charge on any atom is -0.507 e. The van der Waals surface area contributed by atoms with E-state index in [4.69, 9.17) is 4.74 Å². The third kappa shape index (κ3) is 3.75. The highest BCUT2D eigenvalue weighted by Gasteiger charge is 2.47. The largest absolute Gasteiger partial charge is 0.507 e. The van der Waals surface area contributed by atoms with Crippen molar-refractivity contribution >= 4 is 23.3 Å². The number of aromatic nitrogens is 1. The summed E-state index contributed by atoms with van der Waals surface area (Å²) in [6.45, 7) is 4.19. The number of aliphatic hydroxyl groups excluding tert-OH is 1. The Hall–Kier alpha value is -3.93. The number of hydrogen-bond donors (Lipinski definition) is 1. The van der Waals surface area contributed by atoms with Gasteiger partial charge in [-0.05, 0) is 53.4 Å². The minimum absolute atomic E-state index is 0.0307. The van der Waals surface area contributed by atoms with Crippen molar-refractivity contribution in [1.82, 2.24) is 4.98 Å². The fourth-order valence-electron chi connectivity index (χ4n) is 3.85. The molecule has 1 saturated heterocycles. The summed E-state index contributed by atoms with van der Waals surface area (Å²) < 4.78 is 5.17. The Balaban J connectivity index is 1.89. The first-order valence-electron chi connectivity index (χ1n) is 10.4. The van der Waals surface area contributed by atoms with E-state index in [0.717, 1.165) is 5.56 Å². The zero-order chi connectivity index (χ0) is 22.8. The lowest BCUT2D eigenvalue weighted by molar-refractivity contribution is -0.132. The molecular formula is C26H24N2O4. The van der Waals surface area contributed by atoms with Gasteiger partial charge in [0.1, 0.15) is 17.3 Å². The number of carbonyl (C=O) groups is 2. The van der Waals surface area contributed by atoms with Crippen molar-refractivity contribution in [3.63, 3.8) is 0 Å². The fraction of sp³-hybridized carbons (Fsp3) is 0.192. The molecule has 1 fully saturated rings. The molecule has 2 aromatic carbocycles. The Morgan fingerprint density at radius 2 is 1.69 bits per heavy atom. The predicted octanol–water partition coefficient (Wildman–Crippen LogP) is 4.84. The van der Waals surface area contributed by atoms with Crippen LogP contribution in [0.4, 0.5) is 5.82 Å². The number of nitrogens with zero attached hydrogens (tertiary/aromatic N) is 2. The van der Waals surface area contributed by atoms with E-state index in [-0.39, 0.29) is 11.3 Å². The molecule has 0 spiro atoms. The lowest BCUT2D eigenvalue weighted by Crippen LogP contribution is -2.30. The average molecular weight is 428 g/mol. The van der Waals surface area contributed by atoms with Crippen molar-refractivity contribution in [3.05, 3.63) is 95.2 Å². The summed E-state index contributed by atoms with van der Waals surface area (Å²) in [6, 6.07) is 18.8. The summed E-state index contributed by atoms with van der Waals surface area (Å²) in [6.07, 6.45) is 1.57. The molecule has 3 aromatic rings. The number of Topliss-reactive ketones (excluding diaryl/α,β-unsaturated/α-hetero) is 1. The molecule has 6 heteroatoms. The number of benzene rings is 2. The first kappa shape index (κ1) is 21.3. The van der Waals surface area contributed by atoms with Crippen molar-refractivity contribution in [2.24, 2.45) is 0 Å². The summed E-state index contributed by atoms with van der Waals surface area (Å²) >= 11 is 0. The van der Waals surface area contributed by atoms with Crippen LogP contribution in [-0.4, -0.2) is 28.9 Å². The van der Waals surface area contributed by atoms with E-state index in [2.05, 4.69) is 18.8 Å². The van der Waals surface area contributed by atoms with Gasteiger partial charge in [0.25, 0.3) is 5.78 Å². The Morgan fingerprint density at radius 3 is 2.25 bits per heavy atom. The molecule has 0 unspecified atom stereocenters. The third-order valence-electron chi connectivity index (χ3n) is 5.62. The smallest absolute Gasteiger partial charge is 0.301 e. The van der Waals surface area contributed by atoms with Gasteiger partial charge in [0, 0.05) is 11.8 Å². The fourth-order valence-corrected chi connectivity index (χ4v) is 3.85. The Morgan fingerprint density at radius 1 is 1.00 bits per heavy atom. The van der Waals surface area contributed by atoms with Gasteiger partial charge in [0.05, 0.1) is 18.7 Å².